The summed E-state index contributed by atoms with van der Waals surface area (Å²) < 4.78 is 17.9. The molecule has 4 rings (SSSR count). The molecule has 0 saturated heterocycles. The fraction of sp³-hybridized carbons (Fsp3) is 0.308. The standard InChI is InChI=1S/C26H26Br2FN/c1-25(2,3)15-7-9-21-18(11-15)19-12-16(26(4,5)6)8-10-22(19)30(21)23-14-17(27)13-20(29)24(23)28/h7-14H,1-6H3. The van der Waals surface area contributed by atoms with Crippen molar-refractivity contribution in [2.24, 2.45) is 0 Å². The zero-order valence-corrected chi connectivity index (χ0v) is 21.4. The minimum absolute atomic E-state index is 0.0483. The Kier molecular flexibility index (Phi) is 5.18. The number of benzene rings is 3. The first-order valence-electron chi connectivity index (χ1n) is 10.1. The quantitative estimate of drug-likeness (QED) is 0.216. The zero-order valence-electron chi connectivity index (χ0n) is 18.2. The van der Waals surface area contributed by atoms with E-state index < -0.39 is 0 Å². The van der Waals surface area contributed by atoms with Crippen molar-refractivity contribution in [2.75, 3.05) is 0 Å². The van der Waals surface area contributed by atoms with Gasteiger partial charge in [0.2, 0.25) is 0 Å². The van der Waals surface area contributed by atoms with Crippen LogP contribution in [0.25, 0.3) is 27.5 Å². The molecule has 0 aliphatic heterocycles. The summed E-state index contributed by atoms with van der Waals surface area (Å²) in [5.74, 6) is -0.285. The molecule has 0 amide bonds. The second-order valence-corrected chi connectivity index (χ2v) is 11.7. The summed E-state index contributed by atoms with van der Waals surface area (Å²) in [6.07, 6.45) is 0. The van der Waals surface area contributed by atoms with Gasteiger partial charge >= 0.3 is 0 Å². The van der Waals surface area contributed by atoms with Crippen molar-refractivity contribution in [1.82, 2.24) is 4.57 Å². The van der Waals surface area contributed by atoms with E-state index in [1.165, 1.54) is 28.0 Å². The summed E-state index contributed by atoms with van der Waals surface area (Å²) in [7, 11) is 0. The third-order valence-corrected chi connectivity index (χ3v) is 6.95. The second-order valence-electron chi connectivity index (χ2n) is 10.0. The summed E-state index contributed by atoms with van der Waals surface area (Å²) in [6, 6.07) is 16.7. The van der Waals surface area contributed by atoms with E-state index in [0.717, 1.165) is 16.7 Å². The molecule has 0 spiro atoms. The van der Waals surface area contributed by atoms with Gasteiger partial charge in [-0.15, -0.1) is 0 Å². The number of rotatable bonds is 1. The molecule has 156 valence electrons. The average molecular weight is 531 g/mol. The second kappa shape index (κ2) is 7.20. The SMILES string of the molecule is CC(C)(C)c1ccc2c(c1)c1cc(C(C)(C)C)ccc1n2-c1cc(Br)cc(F)c1Br. The van der Waals surface area contributed by atoms with E-state index >= 15 is 0 Å². The first-order chi connectivity index (χ1) is 13.9. The van der Waals surface area contributed by atoms with Gasteiger partial charge in [-0.2, -0.15) is 0 Å². The van der Waals surface area contributed by atoms with Gasteiger partial charge in [-0.25, -0.2) is 4.39 Å². The van der Waals surface area contributed by atoms with Gasteiger partial charge in [0.05, 0.1) is 21.2 Å². The molecule has 0 bridgehead atoms. The molecule has 30 heavy (non-hydrogen) atoms. The molecule has 4 aromatic rings. The summed E-state index contributed by atoms with van der Waals surface area (Å²) in [6.45, 7) is 13.4. The molecule has 0 N–H and O–H groups in total. The van der Waals surface area contributed by atoms with Crippen LogP contribution in [0.15, 0.2) is 57.5 Å². The molecule has 0 unspecified atom stereocenters. The Morgan fingerprint density at radius 1 is 0.700 bits per heavy atom. The number of fused-ring (bicyclic) bond motifs is 3. The minimum Gasteiger partial charge on any atom is -0.308 e. The predicted octanol–water partition coefficient (Wildman–Crippen LogP) is 9.04. The predicted molar refractivity (Wildman–Crippen MR) is 134 cm³/mol. The summed E-state index contributed by atoms with van der Waals surface area (Å²) in [5, 5.41) is 2.38. The number of aromatic nitrogens is 1. The van der Waals surface area contributed by atoms with Crippen molar-refractivity contribution in [2.45, 2.75) is 52.4 Å². The molecule has 1 heterocycles. The molecule has 0 aliphatic carbocycles. The third kappa shape index (κ3) is 3.62. The number of hydrogen-bond acceptors (Lipinski definition) is 0. The number of nitrogens with zero attached hydrogens (tertiary/aromatic N) is 1. The van der Waals surface area contributed by atoms with E-state index in [9.17, 15) is 4.39 Å². The fourth-order valence-corrected chi connectivity index (χ4v) is 4.75. The highest BCUT2D eigenvalue weighted by Crippen LogP contribution is 2.40. The topological polar surface area (TPSA) is 4.93 Å². The number of halogens is 3. The summed E-state index contributed by atoms with van der Waals surface area (Å²) >= 11 is 6.95. The molecule has 1 aromatic heterocycles. The van der Waals surface area contributed by atoms with Gasteiger partial charge in [0, 0.05) is 15.2 Å². The highest BCUT2D eigenvalue weighted by atomic mass is 79.9. The third-order valence-electron chi connectivity index (χ3n) is 5.71. The van der Waals surface area contributed by atoms with Crippen molar-refractivity contribution in [3.05, 3.63) is 74.4 Å². The largest absolute Gasteiger partial charge is 0.308 e. The van der Waals surface area contributed by atoms with Crippen molar-refractivity contribution in [3.8, 4) is 5.69 Å². The summed E-state index contributed by atoms with van der Waals surface area (Å²) in [5.41, 5.74) is 5.60. The minimum atomic E-state index is -0.285. The Morgan fingerprint density at radius 2 is 1.17 bits per heavy atom. The molecular formula is C26H26Br2FN. The Morgan fingerprint density at radius 3 is 1.60 bits per heavy atom. The molecular weight excluding hydrogens is 505 g/mol. The molecule has 1 nitrogen and oxygen atoms in total. The van der Waals surface area contributed by atoms with Gasteiger partial charge < -0.3 is 4.57 Å². The van der Waals surface area contributed by atoms with Gasteiger partial charge in [0.25, 0.3) is 0 Å². The van der Waals surface area contributed by atoms with Gasteiger partial charge in [-0.3, -0.25) is 0 Å². The zero-order chi connectivity index (χ0) is 22.0. The van der Waals surface area contributed by atoms with Crippen LogP contribution in [-0.2, 0) is 10.8 Å². The van der Waals surface area contributed by atoms with Gasteiger partial charge in [-0.1, -0.05) is 69.6 Å². The van der Waals surface area contributed by atoms with Crippen LogP contribution in [-0.4, -0.2) is 4.57 Å². The van der Waals surface area contributed by atoms with Gasteiger partial charge in [-0.05, 0) is 74.3 Å². The highest BCUT2D eigenvalue weighted by molar-refractivity contribution is 9.11. The Balaban J connectivity index is 2.17. The molecule has 0 fully saturated rings. The lowest BCUT2D eigenvalue weighted by Gasteiger charge is -2.19. The van der Waals surface area contributed by atoms with E-state index in [-0.39, 0.29) is 16.6 Å². The Bertz CT molecular complexity index is 1220. The fourth-order valence-electron chi connectivity index (χ4n) is 3.92. The van der Waals surface area contributed by atoms with Crippen LogP contribution in [0, 0.1) is 5.82 Å². The van der Waals surface area contributed by atoms with Crippen LogP contribution < -0.4 is 0 Å². The van der Waals surface area contributed by atoms with Gasteiger partial charge in [0.1, 0.15) is 5.82 Å². The maximum Gasteiger partial charge on any atom is 0.140 e. The van der Waals surface area contributed by atoms with Crippen molar-refractivity contribution >= 4 is 53.7 Å². The normalized spacial score (nSPS) is 12.8. The van der Waals surface area contributed by atoms with Gasteiger partial charge in [0.15, 0.2) is 0 Å². The van der Waals surface area contributed by atoms with E-state index in [0.29, 0.717) is 8.95 Å². The van der Waals surface area contributed by atoms with E-state index in [4.69, 9.17) is 0 Å². The first kappa shape index (κ1) is 21.6. The smallest absolute Gasteiger partial charge is 0.140 e. The lowest BCUT2D eigenvalue weighted by molar-refractivity contribution is 0.590. The van der Waals surface area contributed by atoms with Crippen LogP contribution in [0.4, 0.5) is 4.39 Å². The van der Waals surface area contributed by atoms with Crippen molar-refractivity contribution in [3.63, 3.8) is 0 Å². The van der Waals surface area contributed by atoms with E-state index in [2.05, 4.69) is 114 Å². The van der Waals surface area contributed by atoms with Crippen LogP contribution >= 0.6 is 31.9 Å². The molecule has 4 heteroatoms. The van der Waals surface area contributed by atoms with Crippen LogP contribution in [0.5, 0.6) is 0 Å². The molecule has 0 radical (unpaired) electrons. The highest BCUT2D eigenvalue weighted by Gasteiger charge is 2.22. The maximum absolute atomic E-state index is 14.6. The Hall–Kier alpha value is -1.65. The first-order valence-corrected chi connectivity index (χ1v) is 11.7. The molecule has 3 aromatic carbocycles. The van der Waals surface area contributed by atoms with Crippen LogP contribution in [0.2, 0.25) is 0 Å². The molecule has 0 aliphatic rings. The van der Waals surface area contributed by atoms with E-state index in [1.807, 2.05) is 6.07 Å². The molecule has 0 saturated carbocycles. The van der Waals surface area contributed by atoms with E-state index in [1.54, 1.807) is 0 Å². The average Bonchev–Trinajstić information content (AvgIpc) is 2.96. The molecule has 0 atom stereocenters. The van der Waals surface area contributed by atoms with Crippen LogP contribution in [0.3, 0.4) is 0 Å². The number of hydrogen-bond donors (Lipinski definition) is 0. The van der Waals surface area contributed by atoms with Crippen molar-refractivity contribution in [1.29, 1.82) is 0 Å². The van der Waals surface area contributed by atoms with Crippen LogP contribution in [0.1, 0.15) is 52.7 Å². The monoisotopic (exact) mass is 529 g/mol. The lowest BCUT2D eigenvalue weighted by Crippen LogP contribution is -2.10. The lowest BCUT2D eigenvalue weighted by atomic mass is 9.85. The summed E-state index contributed by atoms with van der Waals surface area (Å²) in [4.78, 5) is 0. The van der Waals surface area contributed by atoms with Crippen molar-refractivity contribution < 1.29 is 4.39 Å². The maximum atomic E-state index is 14.6. The Labute approximate surface area is 194 Å².